The fourth-order valence-corrected chi connectivity index (χ4v) is 0.161. The van der Waals surface area contributed by atoms with Gasteiger partial charge in [-0.1, -0.05) is 0 Å². The number of alkyl halides is 6. The van der Waals surface area contributed by atoms with Crippen LogP contribution in [0.5, 0.6) is 0 Å². The largest absolute Gasteiger partial charge is 0.459 e. The zero-order valence-corrected chi connectivity index (χ0v) is 4.58. The Balaban J connectivity index is 0. The highest BCUT2D eigenvalue weighted by atomic mass is 19.4. The normalized spacial score (nSPS) is 14.0. The lowest BCUT2D eigenvalue weighted by atomic mass is 10.4. The Hall–Kier alpha value is -0.790. The third-order valence-electron chi connectivity index (χ3n) is 0.515. The molecule has 0 unspecified atom stereocenters. The zero-order valence-electron chi connectivity index (χ0n) is 6.58. The van der Waals surface area contributed by atoms with E-state index in [4.69, 9.17) is 2.86 Å². The minimum Gasteiger partial charge on any atom is -0.412 e. The van der Waals surface area contributed by atoms with Crippen molar-refractivity contribution in [1.29, 1.82) is 2.86 Å². The Labute approximate surface area is 59.1 Å². The van der Waals surface area contributed by atoms with Crippen molar-refractivity contribution in [1.82, 2.24) is 0 Å². The second-order valence-electron chi connectivity index (χ2n) is 1.32. The zero-order chi connectivity index (χ0) is 11.3. The summed E-state index contributed by atoms with van der Waals surface area (Å²) >= 11 is 0. The van der Waals surface area contributed by atoms with Crippen LogP contribution in [0.1, 0.15) is 0 Å². The quantitative estimate of drug-likeness (QED) is 0.517. The number of Topliss-reactive ketones (excluding diaryl/α,β-unsaturated/α-hetero) is 1. The molecule has 0 bridgehead atoms. The van der Waals surface area contributed by atoms with Gasteiger partial charge in [-0.25, -0.2) is 0 Å². The molecule has 11 heavy (non-hydrogen) atoms. The van der Waals surface area contributed by atoms with E-state index in [9.17, 15) is 31.1 Å². The van der Waals surface area contributed by atoms with Gasteiger partial charge in [0.25, 0.3) is 0 Å². The molecular formula is C3H2F6O2. The molecule has 0 aromatic carbocycles. The van der Waals surface area contributed by atoms with Gasteiger partial charge in [-0.15, -0.1) is 0 Å². The molecule has 0 heterocycles. The molecule has 0 aromatic rings. The van der Waals surface area contributed by atoms with E-state index in [0.717, 1.165) is 0 Å². The van der Waals surface area contributed by atoms with E-state index >= 15 is 0 Å². The summed E-state index contributed by atoms with van der Waals surface area (Å²) in [6.45, 7) is 0. The first-order valence-electron chi connectivity index (χ1n) is 2.65. The van der Waals surface area contributed by atoms with Crippen LogP contribution in [0, 0.1) is 0 Å². The molecule has 0 rings (SSSR count). The maximum absolute atomic E-state index is 10.9. The van der Waals surface area contributed by atoms with Gasteiger partial charge in [0.15, 0.2) is 0 Å². The average molecular weight is 186 g/mol. The lowest BCUT2D eigenvalue weighted by Gasteiger charge is -2.06. The maximum Gasteiger partial charge on any atom is 0.459 e. The molecule has 2 nitrogen and oxygen atoms in total. The molecule has 0 saturated carbocycles. The van der Waals surface area contributed by atoms with Gasteiger partial charge in [0.2, 0.25) is 2.86 Å². The minimum atomic E-state index is -5.82. The average Bonchev–Trinajstić information content (AvgIpc) is 1.84. The molecule has 0 saturated heterocycles. The van der Waals surface area contributed by atoms with E-state index in [2.05, 4.69) is 5.48 Å². The van der Waals surface area contributed by atoms with Gasteiger partial charge in [0, 0.05) is 0 Å². The molecule has 2 N–H and O–H groups in total. The highest BCUT2D eigenvalue weighted by Crippen LogP contribution is 2.28. The van der Waals surface area contributed by atoms with Gasteiger partial charge in [-0.05, 0) is 0 Å². The lowest BCUT2D eigenvalue weighted by molar-refractivity contribution is -0.217. The maximum atomic E-state index is 10.9. The molecular weight excluding hydrogens is 182 g/mol. The van der Waals surface area contributed by atoms with Gasteiger partial charge in [0.1, 0.15) is 0 Å². The van der Waals surface area contributed by atoms with Gasteiger partial charge >= 0.3 is 18.1 Å². The Kier molecular flexibility index (Phi) is 2.32. The summed E-state index contributed by atoms with van der Waals surface area (Å²) in [4.78, 5) is 9.24. The molecule has 0 atom stereocenters. The van der Waals surface area contributed by atoms with E-state index in [1.54, 1.807) is 0 Å². The third-order valence-corrected chi connectivity index (χ3v) is 0.515. The van der Waals surface area contributed by atoms with Crippen molar-refractivity contribution in [2.24, 2.45) is 0 Å². The predicted molar refractivity (Wildman–Crippen MR) is 20.7 cm³/mol. The Bertz CT molecular complexity index is 146. The van der Waals surface area contributed by atoms with E-state index in [1.165, 1.54) is 0 Å². The summed E-state index contributed by atoms with van der Waals surface area (Å²) in [6.07, 6.45) is -11.6. The molecule has 8 heteroatoms. The van der Waals surface area contributed by atoms with Crippen molar-refractivity contribution in [3.63, 3.8) is 0 Å². The summed E-state index contributed by atoms with van der Waals surface area (Å²) in [5, 5.41) is 0. The first-order chi connectivity index (χ1) is 5.57. The Morgan fingerprint density at radius 1 is 1.09 bits per heavy atom. The van der Waals surface area contributed by atoms with Crippen LogP contribution in [0.2, 0.25) is 0 Å². The van der Waals surface area contributed by atoms with Crippen LogP contribution in [-0.4, -0.2) is 26.5 Å². The topological polar surface area (TPSA) is 48.6 Å². The first kappa shape index (κ1) is 8.31. The molecule has 0 aliphatic carbocycles. The van der Waals surface area contributed by atoms with Crippen LogP contribution in [0.3, 0.4) is 0 Å². The van der Waals surface area contributed by atoms with Crippen LogP contribution < -0.4 is 0 Å². The summed E-state index contributed by atoms with van der Waals surface area (Å²) in [5.74, 6) is -3.68. The van der Waals surface area contributed by atoms with Crippen molar-refractivity contribution in [3.05, 3.63) is 0 Å². The van der Waals surface area contributed by atoms with Crippen LogP contribution >= 0.6 is 0 Å². The number of hydrogen-bond acceptors (Lipinski definition) is 1. The highest BCUT2D eigenvalue weighted by molar-refractivity contribution is 5.89. The molecule has 0 radical (unpaired) electrons. The molecule has 0 spiro atoms. The molecule has 0 aliphatic rings. The number of halogens is 6. The standard InChI is InChI=1S/C3F6O.H2O/c4-2(5,6)1(10)3(7,8)9;/h;1H2/i/hD2. The van der Waals surface area contributed by atoms with Crippen LogP contribution in [0.15, 0.2) is 0 Å². The fourth-order valence-electron chi connectivity index (χ4n) is 0.161. The van der Waals surface area contributed by atoms with Crippen LogP contribution in [-0.2, 0) is 4.79 Å². The Morgan fingerprint density at radius 3 is 1.27 bits per heavy atom. The minimum absolute atomic E-state index is 2.75. The second-order valence-corrected chi connectivity index (χ2v) is 1.32. The molecule has 0 amide bonds. The second kappa shape index (κ2) is 3.07. The SMILES string of the molecule is O=C(C(F)(F)F)C(F)(F)F.[2H]O[2H]. The van der Waals surface area contributed by atoms with E-state index in [1.807, 2.05) is 0 Å². The van der Waals surface area contributed by atoms with Crippen molar-refractivity contribution in [2.75, 3.05) is 0 Å². The monoisotopic (exact) mass is 186 g/mol. The fraction of sp³-hybridized carbons (Fsp3) is 0.667. The van der Waals surface area contributed by atoms with Crippen molar-refractivity contribution in [2.45, 2.75) is 12.4 Å². The number of rotatable bonds is 0. The van der Waals surface area contributed by atoms with Crippen molar-refractivity contribution < 1.29 is 36.6 Å². The number of hydrogen-bond donors (Lipinski definition) is 0. The van der Waals surface area contributed by atoms with E-state index in [0.29, 0.717) is 0 Å². The van der Waals surface area contributed by atoms with Crippen LogP contribution in [0.25, 0.3) is 0 Å². The van der Waals surface area contributed by atoms with E-state index < -0.39 is 18.1 Å². The Morgan fingerprint density at radius 2 is 1.27 bits per heavy atom. The first-order valence-corrected chi connectivity index (χ1v) is 1.84. The van der Waals surface area contributed by atoms with Crippen LogP contribution in [0.4, 0.5) is 26.3 Å². The third kappa shape index (κ3) is 3.81. The van der Waals surface area contributed by atoms with Crippen molar-refractivity contribution >= 4 is 5.78 Å². The molecule has 0 aliphatic heterocycles. The predicted octanol–water partition coefficient (Wildman–Crippen LogP) is 0.855. The molecule has 0 aromatic heterocycles. The summed E-state index contributed by atoms with van der Waals surface area (Å²) < 4.78 is 76.0. The summed E-state index contributed by atoms with van der Waals surface area (Å²) in [6, 6.07) is 0. The smallest absolute Gasteiger partial charge is 0.412 e. The molecule has 68 valence electrons. The van der Waals surface area contributed by atoms with Gasteiger partial charge in [-0.2, -0.15) is 26.3 Å². The summed E-state index contributed by atoms with van der Waals surface area (Å²) in [7, 11) is 0. The van der Waals surface area contributed by atoms with Gasteiger partial charge in [0.05, 0.1) is 0 Å². The van der Waals surface area contributed by atoms with E-state index in [-0.39, 0.29) is 0 Å². The lowest BCUT2D eigenvalue weighted by Crippen LogP contribution is -2.36. The molecule has 0 fully saturated rings. The van der Waals surface area contributed by atoms with Crippen molar-refractivity contribution in [3.8, 4) is 0 Å². The van der Waals surface area contributed by atoms with Gasteiger partial charge < -0.3 is 5.48 Å². The highest BCUT2D eigenvalue weighted by Gasteiger charge is 2.55. The van der Waals surface area contributed by atoms with Gasteiger partial charge in [-0.3, -0.25) is 4.79 Å². The summed E-state index contributed by atoms with van der Waals surface area (Å²) in [5.41, 5.74) is 2.75. The number of ketones is 1. The number of carbonyl (C=O) groups excluding carboxylic acids is 1. The number of carbonyl (C=O) groups is 1.